The van der Waals surface area contributed by atoms with Crippen molar-refractivity contribution in [1.82, 2.24) is 15.2 Å². The molecule has 1 saturated heterocycles. The molecule has 1 aliphatic rings. The van der Waals surface area contributed by atoms with Crippen LogP contribution < -0.4 is 10.9 Å². The van der Waals surface area contributed by atoms with Crippen LogP contribution in [0.15, 0.2) is 40.5 Å². The molecule has 3 rings (SSSR count). The van der Waals surface area contributed by atoms with Gasteiger partial charge >= 0.3 is 0 Å². The molecule has 1 aliphatic heterocycles. The molecule has 0 unspecified atom stereocenters. The van der Waals surface area contributed by atoms with Crippen LogP contribution >= 0.6 is 11.3 Å². The van der Waals surface area contributed by atoms with Crippen LogP contribution in [-0.4, -0.2) is 34.9 Å². The summed E-state index contributed by atoms with van der Waals surface area (Å²) in [6.07, 6.45) is 2.05. The number of rotatable bonds is 4. The molecule has 1 fully saturated rings. The summed E-state index contributed by atoms with van der Waals surface area (Å²) >= 11 is 1.76. The van der Waals surface area contributed by atoms with Gasteiger partial charge in [-0.2, -0.15) is 0 Å². The van der Waals surface area contributed by atoms with Crippen molar-refractivity contribution in [2.24, 2.45) is 0 Å². The van der Waals surface area contributed by atoms with Crippen molar-refractivity contribution in [2.45, 2.75) is 25.4 Å². The lowest BCUT2D eigenvalue weighted by Gasteiger charge is -2.32. The lowest BCUT2D eigenvalue weighted by atomic mass is 10.1. The van der Waals surface area contributed by atoms with E-state index in [-0.39, 0.29) is 17.5 Å². The molecule has 0 aromatic carbocycles. The second kappa shape index (κ2) is 6.89. The first-order chi connectivity index (χ1) is 10.7. The van der Waals surface area contributed by atoms with E-state index in [0.717, 1.165) is 32.5 Å². The highest BCUT2D eigenvalue weighted by Crippen LogP contribution is 2.17. The average molecular weight is 317 g/mol. The zero-order valence-corrected chi connectivity index (χ0v) is 13.1. The van der Waals surface area contributed by atoms with Gasteiger partial charge in [-0.3, -0.25) is 14.5 Å². The van der Waals surface area contributed by atoms with E-state index in [2.05, 4.69) is 32.7 Å². The topological polar surface area (TPSA) is 65.2 Å². The van der Waals surface area contributed by atoms with Crippen LogP contribution in [0.1, 0.15) is 28.2 Å². The third kappa shape index (κ3) is 3.84. The molecule has 0 saturated carbocycles. The summed E-state index contributed by atoms with van der Waals surface area (Å²) in [5.74, 6) is -0.208. The molecule has 6 heteroatoms. The lowest BCUT2D eigenvalue weighted by Crippen LogP contribution is -2.47. The fraction of sp³-hybridized carbons (Fsp3) is 0.375. The number of pyridine rings is 1. The maximum absolute atomic E-state index is 12.2. The Balaban J connectivity index is 1.58. The molecule has 0 aliphatic carbocycles. The maximum Gasteiger partial charge on any atom is 0.268 e. The summed E-state index contributed by atoms with van der Waals surface area (Å²) < 4.78 is 0. The van der Waals surface area contributed by atoms with Crippen molar-refractivity contribution >= 4 is 17.2 Å². The second-order valence-corrected chi connectivity index (χ2v) is 6.59. The molecule has 0 bridgehead atoms. The van der Waals surface area contributed by atoms with E-state index in [1.54, 1.807) is 23.5 Å². The SMILES string of the molecule is O=C(N[C@H]1CCCN(Cc2cccs2)C1)c1cccc(=O)[nH]1. The number of nitrogens with zero attached hydrogens (tertiary/aromatic N) is 1. The summed E-state index contributed by atoms with van der Waals surface area (Å²) in [4.78, 5) is 29.7. The molecule has 1 amide bonds. The predicted octanol–water partition coefficient (Wildman–Crippen LogP) is 1.83. The van der Waals surface area contributed by atoms with Crippen LogP contribution in [0.5, 0.6) is 0 Å². The number of nitrogens with one attached hydrogen (secondary N) is 2. The van der Waals surface area contributed by atoms with E-state index in [1.807, 2.05) is 0 Å². The van der Waals surface area contributed by atoms with Gasteiger partial charge in [0.25, 0.3) is 5.91 Å². The Morgan fingerprint density at radius 1 is 1.36 bits per heavy atom. The Kier molecular flexibility index (Phi) is 4.70. The quantitative estimate of drug-likeness (QED) is 0.904. The molecule has 5 nitrogen and oxygen atoms in total. The number of carbonyl (C=O) groups is 1. The number of amides is 1. The molecule has 2 N–H and O–H groups in total. The monoisotopic (exact) mass is 317 g/mol. The van der Waals surface area contributed by atoms with Gasteiger partial charge in [-0.1, -0.05) is 12.1 Å². The molecule has 0 spiro atoms. The number of carbonyl (C=O) groups excluding carboxylic acids is 1. The third-order valence-electron chi connectivity index (χ3n) is 3.81. The number of thiophene rings is 1. The van der Waals surface area contributed by atoms with Gasteiger partial charge < -0.3 is 10.3 Å². The summed E-state index contributed by atoms with van der Waals surface area (Å²) in [7, 11) is 0. The number of aromatic nitrogens is 1. The van der Waals surface area contributed by atoms with Gasteiger partial charge in [0.05, 0.1) is 0 Å². The van der Waals surface area contributed by atoms with Crippen molar-refractivity contribution in [1.29, 1.82) is 0 Å². The van der Waals surface area contributed by atoms with E-state index >= 15 is 0 Å². The fourth-order valence-corrected chi connectivity index (χ4v) is 3.53. The molecule has 2 aromatic rings. The standard InChI is InChI=1S/C16H19N3O2S/c20-15-7-1-6-14(18-15)16(21)17-12-4-2-8-19(10-12)11-13-5-3-9-22-13/h1,3,5-7,9,12H,2,4,8,10-11H2,(H,17,21)(H,18,20)/t12-/m0/s1. The van der Waals surface area contributed by atoms with Crippen molar-refractivity contribution in [3.63, 3.8) is 0 Å². The minimum absolute atomic E-state index is 0.130. The Bertz CT molecular complexity index is 681. The number of piperidine rings is 1. The first-order valence-corrected chi connectivity index (χ1v) is 8.33. The maximum atomic E-state index is 12.2. The zero-order chi connectivity index (χ0) is 15.4. The molecular weight excluding hydrogens is 298 g/mol. The fourth-order valence-electron chi connectivity index (χ4n) is 2.78. The second-order valence-electron chi connectivity index (χ2n) is 5.56. The minimum Gasteiger partial charge on any atom is -0.347 e. The van der Waals surface area contributed by atoms with Gasteiger partial charge in [0.2, 0.25) is 5.56 Å². The normalized spacial score (nSPS) is 19.0. The molecule has 22 heavy (non-hydrogen) atoms. The Labute approximate surface area is 133 Å². The predicted molar refractivity (Wildman–Crippen MR) is 87.1 cm³/mol. The highest BCUT2D eigenvalue weighted by Gasteiger charge is 2.22. The Morgan fingerprint density at radius 2 is 2.27 bits per heavy atom. The molecule has 0 radical (unpaired) electrons. The Hall–Kier alpha value is -1.92. The lowest BCUT2D eigenvalue weighted by molar-refractivity contribution is 0.0896. The van der Waals surface area contributed by atoms with E-state index in [1.165, 1.54) is 10.9 Å². The summed E-state index contributed by atoms with van der Waals surface area (Å²) in [6, 6.07) is 8.96. The van der Waals surface area contributed by atoms with Crippen LogP contribution in [0.25, 0.3) is 0 Å². The first-order valence-electron chi connectivity index (χ1n) is 7.45. The van der Waals surface area contributed by atoms with Gasteiger partial charge in [-0.05, 0) is 36.9 Å². The summed E-state index contributed by atoms with van der Waals surface area (Å²) in [5.41, 5.74) is 0.0681. The van der Waals surface area contributed by atoms with Gasteiger partial charge in [0.15, 0.2) is 0 Å². The van der Waals surface area contributed by atoms with Crippen molar-refractivity contribution in [3.8, 4) is 0 Å². The van der Waals surface area contributed by atoms with E-state index in [9.17, 15) is 9.59 Å². The van der Waals surface area contributed by atoms with Crippen molar-refractivity contribution in [2.75, 3.05) is 13.1 Å². The number of likely N-dealkylation sites (tertiary alicyclic amines) is 1. The van der Waals surface area contributed by atoms with Gasteiger partial charge in [-0.15, -0.1) is 11.3 Å². The van der Waals surface area contributed by atoms with Gasteiger partial charge in [-0.25, -0.2) is 0 Å². The van der Waals surface area contributed by atoms with Gasteiger partial charge in [0.1, 0.15) is 5.69 Å². The van der Waals surface area contributed by atoms with Crippen LogP contribution in [0.3, 0.4) is 0 Å². The summed E-state index contributed by atoms with van der Waals surface area (Å²) in [5, 5.41) is 5.11. The number of H-pyrrole nitrogens is 1. The number of hydrogen-bond donors (Lipinski definition) is 2. The van der Waals surface area contributed by atoms with Crippen LogP contribution in [-0.2, 0) is 6.54 Å². The highest BCUT2D eigenvalue weighted by atomic mass is 32.1. The molecule has 3 heterocycles. The van der Waals surface area contributed by atoms with E-state index < -0.39 is 0 Å². The van der Waals surface area contributed by atoms with Crippen LogP contribution in [0.4, 0.5) is 0 Å². The number of hydrogen-bond acceptors (Lipinski definition) is 4. The Morgan fingerprint density at radius 3 is 3.05 bits per heavy atom. The summed E-state index contributed by atoms with van der Waals surface area (Å²) in [6.45, 7) is 2.85. The third-order valence-corrected chi connectivity index (χ3v) is 4.67. The van der Waals surface area contributed by atoms with Gasteiger partial charge in [0, 0.05) is 30.1 Å². The van der Waals surface area contributed by atoms with Crippen molar-refractivity contribution in [3.05, 3.63) is 56.6 Å². The molecular formula is C16H19N3O2S. The smallest absolute Gasteiger partial charge is 0.268 e. The van der Waals surface area contributed by atoms with Crippen LogP contribution in [0, 0.1) is 0 Å². The zero-order valence-electron chi connectivity index (χ0n) is 12.2. The van der Waals surface area contributed by atoms with E-state index in [4.69, 9.17) is 0 Å². The van der Waals surface area contributed by atoms with E-state index in [0.29, 0.717) is 5.69 Å². The van der Waals surface area contributed by atoms with Crippen molar-refractivity contribution < 1.29 is 4.79 Å². The van der Waals surface area contributed by atoms with Crippen LogP contribution in [0.2, 0.25) is 0 Å². The molecule has 1 atom stereocenters. The highest BCUT2D eigenvalue weighted by molar-refractivity contribution is 7.09. The largest absolute Gasteiger partial charge is 0.347 e. The average Bonchev–Trinajstić information content (AvgIpc) is 3.00. The minimum atomic E-state index is -0.254. The molecule has 2 aromatic heterocycles. The first kappa shape index (κ1) is 15.0. The number of aromatic amines is 1. The molecule has 116 valence electrons.